The van der Waals surface area contributed by atoms with Crippen LogP contribution in [0.2, 0.25) is 5.02 Å². The van der Waals surface area contributed by atoms with Crippen LogP contribution in [-0.2, 0) is 11.3 Å². The molecule has 2 saturated heterocycles. The Bertz CT molecular complexity index is 784. The van der Waals surface area contributed by atoms with Crippen molar-refractivity contribution in [3.63, 3.8) is 0 Å². The summed E-state index contributed by atoms with van der Waals surface area (Å²) in [5, 5.41) is 10.2. The van der Waals surface area contributed by atoms with Crippen LogP contribution in [0, 0.1) is 0 Å². The lowest BCUT2D eigenvalue weighted by atomic mass is 10.1. The van der Waals surface area contributed by atoms with Gasteiger partial charge in [0.2, 0.25) is 5.95 Å². The molecule has 2 aliphatic rings. The van der Waals surface area contributed by atoms with Crippen molar-refractivity contribution in [2.24, 2.45) is 0 Å². The number of carbonyl (C=O) groups excluding carboxylic acids is 1. The van der Waals surface area contributed by atoms with Crippen LogP contribution in [0.15, 0.2) is 29.4 Å². The third-order valence-electron chi connectivity index (χ3n) is 4.99. The quantitative estimate of drug-likeness (QED) is 0.516. The van der Waals surface area contributed by atoms with E-state index in [0.29, 0.717) is 16.3 Å². The molecule has 1 aromatic heterocycles. The summed E-state index contributed by atoms with van der Waals surface area (Å²) >= 11 is 7.34. The highest BCUT2D eigenvalue weighted by molar-refractivity contribution is 7.99. The molecule has 2 aliphatic heterocycles. The molecule has 8 heteroatoms. The number of thioether (sulfide) groups is 1. The number of halogens is 1. The predicted molar refractivity (Wildman–Crippen MR) is 107 cm³/mol. The standard InChI is InChI=1S/C19H23ClN4O2S/c20-15-7-5-14(6-8-15)17(25)13-27-19-22-21-18(23-9-1-2-10-23)24(19)12-16-4-3-11-26-16/h5-8,16H,1-4,9-13H2/t16-/m0/s1. The van der Waals surface area contributed by atoms with Gasteiger partial charge in [-0.3, -0.25) is 9.36 Å². The summed E-state index contributed by atoms with van der Waals surface area (Å²) in [6.07, 6.45) is 4.73. The number of carbonyl (C=O) groups is 1. The van der Waals surface area contributed by atoms with Gasteiger partial charge in [0.25, 0.3) is 0 Å². The van der Waals surface area contributed by atoms with E-state index in [1.807, 2.05) is 0 Å². The van der Waals surface area contributed by atoms with E-state index < -0.39 is 0 Å². The molecule has 144 valence electrons. The van der Waals surface area contributed by atoms with Gasteiger partial charge in [0, 0.05) is 30.3 Å². The smallest absolute Gasteiger partial charge is 0.228 e. The second kappa shape index (κ2) is 8.63. The van der Waals surface area contributed by atoms with E-state index in [0.717, 1.165) is 50.2 Å². The average Bonchev–Trinajstić information content (AvgIpc) is 3.43. The van der Waals surface area contributed by atoms with E-state index in [1.54, 1.807) is 24.3 Å². The molecule has 0 aliphatic carbocycles. The lowest BCUT2D eigenvalue weighted by Crippen LogP contribution is -2.25. The number of Topliss-reactive ketones (excluding diaryl/α,β-unsaturated/α-hetero) is 1. The monoisotopic (exact) mass is 406 g/mol. The van der Waals surface area contributed by atoms with Crippen molar-refractivity contribution in [1.29, 1.82) is 0 Å². The van der Waals surface area contributed by atoms with Crippen molar-refractivity contribution in [3.8, 4) is 0 Å². The number of rotatable bonds is 7. The second-order valence-electron chi connectivity index (χ2n) is 6.94. The number of ether oxygens (including phenoxy) is 1. The van der Waals surface area contributed by atoms with Crippen molar-refractivity contribution in [3.05, 3.63) is 34.9 Å². The molecule has 0 saturated carbocycles. The lowest BCUT2D eigenvalue weighted by Gasteiger charge is -2.20. The topological polar surface area (TPSA) is 60.2 Å². The fourth-order valence-corrected chi connectivity index (χ4v) is 4.50. The van der Waals surface area contributed by atoms with Gasteiger partial charge in [-0.05, 0) is 49.9 Å². The number of nitrogens with zero attached hydrogens (tertiary/aromatic N) is 4. The molecular weight excluding hydrogens is 384 g/mol. The highest BCUT2D eigenvalue weighted by atomic mass is 35.5. The summed E-state index contributed by atoms with van der Waals surface area (Å²) in [6.45, 7) is 3.59. The highest BCUT2D eigenvalue weighted by Gasteiger charge is 2.25. The maximum Gasteiger partial charge on any atom is 0.228 e. The molecule has 27 heavy (non-hydrogen) atoms. The van der Waals surface area contributed by atoms with Crippen molar-refractivity contribution in [2.45, 2.75) is 43.5 Å². The van der Waals surface area contributed by atoms with Crippen molar-refractivity contribution in [2.75, 3.05) is 30.3 Å². The number of hydrogen-bond acceptors (Lipinski definition) is 6. The number of ketones is 1. The van der Waals surface area contributed by atoms with Gasteiger partial charge in [-0.15, -0.1) is 10.2 Å². The Morgan fingerprint density at radius 1 is 1.19 bits per heavy atom. The van der Waals surface area contributed by atoms with Crippen molar-refractivity contribution >= 4 is 35.1 Å². The molecule has 1 aromatic carbocycles. The van der Waals surface area contributed by atoms with E-state index >= 15 is 0 Å². The summed E-state index contributed by atoms with van der Waals surface area (Å²) in [7, 11) is 0. The molecule has 1 atom stereocenters. The summed E-state index contributed by atoms with van der Waals surface area (Å²) in [5.74, 6) is 1.29. The molecule has 0 radical (unpaired) electrons. The van der Waals surface area contributed by atoms with Crippen LogP contribution in [0.1, 0.15) is 36.0 Å². The Labute approximate surface area is 168 Å². The average molecular weight is 407 g/mol. The first kappa shape index (κ1) is 18.8. The van der Waals surface area contributed by atoms with Crippen LogP contribution in [0.5, 0.6) is 0 Å². The molecule has 2 aromatic rings. The minimum atomic E-state index is 0.0612. The van der Waals surface area contributed by atoms with Crippen LogP contribution >= 0.6 is 23.4 Å². The Kier molecular flexibility index (Phi) is 6.00. The number of aromatic nitrogens is 3. The zero-order chi connectivity index (χ0) is 18.6. The molecular formula is C19H23ClN4O2S. The Balaban J connectivity index is 1.48. The maximum atomic E-state index is 12.5. The van der Waals surface area contributed by atoms with Gasteiger partial charge in [-0.2, -0.15) is 0 Å². The van der Waals surface area contributed by atoms with Gasteiger partial charge >= 0.3 is 0 Å². The molecule has 0 N–H and O–H groups in total. The van der Waals surface area contributed by atoms with Crippen LogP contribution in [0.25, 0.3) is 0 Å². The van der Waals surface area contributed by atoms with E-state index in [-0.39, 0.29) is 11.9 Å². The van der Waals surface area contributed by atoms with Gasteiger partial charge in [0.15, 0.2) is 10.9 Å². The molecule has 4 rings (SSSR count). The zero-order valence-electron chi connectivity index (χ0n) is 15.1. The maximum absolute atomic E-state index is 12.5. The van der Waals surface area contributed by atoms with Crippen LogP contribution in [0.3, 0.4) is 0 Å². The highest BCUT2D eigenvalue weighted by Crippen LogP contribution is 2.27. The molecule has 0 bridgehead atoms. The molecule has 0 amide bonds. The Morgan fingerprint density at radius 2 is 1.96 bits per heavy atom. The molecule has 2 fully saturated rings. The molecule has 0 spiro atoms. The normalized spacial score (nSPS) is 19.7. The fourth-order valence-electron chi connectivity index (χ4n) is 3.54. The van der Waals surface area contributed by atoms with E-state index in [9.17, 15) is 4.79 Å². The van der Waals surface area contributed by atoms with Crippen molar-refractivity contribution < 1.29 is 9.53 Å². The largest absolute Gasteiger partial charge is 0.376 e. The summed E-state index contributed by atoms with van der Waals surface area (Å²) in [4.78, 5) is 14.8. The van der Waals surface area contributed by atoms with Gasteiger partial charge in [-0.1, -0.05) is 23.4 Å². The van der Waals surface area contributed by atoms with E-state index in [2.05, 4.69) is 19.7 Å². The number of hydrogen-bond donors (Lipinski definition) is 0. The third kappa shape index (κ3) is 4.47. The summed E-state index contributed by atoms with van der Waals surface area (Å²) in [5.41, 5.74) is 0.664. The van der Waals surface area contributed by atoms with Crippen LogP contribution in [0.4, 0.5) is 5.95 Å². The van der Waals surface area contributed by atoms with Gasteiger partial charge in [-0.25, -0.2) is 0 Å². The minimum Gasteiger partial charge on any atom is -0.376 e. The van der Waals surface area contributed by atoms with Gasteiger partial charge < -0.3 is 9.64 Å². The number of benzene rings is 1. The first-order valence-electron chi connectivity index (χ1n) is 9.42. The molecule has 3 heterocycles. The predicted octanol–water partition coefficient (Wildman–Crippen LogP) is 3.69. The van der Waals surface area contributed by atoms with Gasteiger partial charge in [0.05, 0.1) is 18.4 Å². The molecule has 6 nitrogen and oxygen atoms in total. The van der Waals surface area contributed by atoms with E-state index in [1.165, 1.54) is 24.6 Å². The van der Waals surface area contributed by atoms with Gasteiger partial charge in [0.1, 0.15) is 0 Å². The first-order valence-corrected chi connectivity index (χ1v) is 10.8. The zero-order valence-corrected chi connectivity index (χ0v) is 16.7. The lowest BCUT2D eigenvalue weighted by molar-refractivity contribution is 0.0952. The third-order valence-corrected chi connectivity index (χ3v) is 6.21. The van der Waals surface area contributed by atoms with Crippen LogP contribution < -0.4 is 4.90 Å². The first-order chi connectivity index (χ1) is 13.2. The van der Waals surface area contributed by atoms with E-state index in [4.69, 9.17) is 16.3 Å². The fraction of sp³-hybridized carbons (Fsp3) is 0.526. The Hall–Kier alpha value is -1.57. The minimum absolute atomic E-state index is 0.0612. The number of anilines is 1. The second-order valence-corrected chi connectivity index (χ2v) is 8.32. The SMILES string of the molecule is O=C(CSc1nnc(N2CCCC2)n1C[C@@H]1CCCO1)c1ccc(Cl)cc1. The molecule has 0 unspecified atom stereocenters. The summed E-state index contributed by atoms with van der Waals surface area (Å²) in [6, 6.07) is 7.01. The van der Waals surface area contributed by atoms with Crippen LogP contribution in [-0.4, -0.2) is 52.1 Å². The Morgan fingerprint density at radius 3 is 2.67 bits per heavy atom. The van der Waals surface area contributed by atoms with Crippen molar-refractivity contribution in [1.82, 2.24) is 14.8 Å². The summed E-state index contributed by atoms with van der Waals surface area (Å²) < 4.78 is 7.96.